The summed E-state index contributed by atoms with van der Waals surface area (Å²) in [5.74, 6) is 1.37. The molecule has 170 valence electrons. The minimum Gasteiger partial charge on any atom is -0.348 e. The lowest BCUT2D eigenvalue weighted by Gasteiger charge is -2.14. The Bertz CT molecular complexity index is 1300. The summed E-state index contributed by atoms with van der Waals surface area (Å²) in [5, 5.41) is 13.2. The molecule has 1 amide bonds. The smallest absolute Gasteiger partial charge is 0.228 e. The Balaban J connectivity index is 1.67. The van der Waals surface area contributed by atoms with E-state index in [1.54, 1.807) is 30.8 Å². The van der Waals surface area contributed by atoms with E-state index in [9.17, 15) is 4.79 Å². The van der Waals surface area contributed by atoms with Gasteiger partial charge < -0.3 is 4.90 Å². The Kier molecular flexibility index (Phi) is 7.17. The third-order valence-electron chi connectivity index (χ3n) is 5.10. The number of nitrogens with zero attached hydrogens (tertiary/aromatic N) is 5. The molecule has 0 atom stereocenters. The SMILES string of the molecule is Cc1ccc(C)c(-n2c(SCc3csc(CC(=O)N(C)C)n3)nnc2-c2ccccc2Cl)c1. The van der Waals surface area contributed by atoms with E-state index >= 15 is 0 Å². The van der Waals surface area contributed by atoms with E-state index in [0.717, 1.165) is 38.2 Å². The first kappa shape index (κ1) is 23.5. The van der Waals surface area contributed by atoms with Crippen LogP contribution in [0.4, 0.5) is 0 Å². The van der Waals surface area contributed by atoms with Crippen LogP contribution in [0.3, 0.4) is 0 Å². The van der Waals surface area contributed by atoms with Gasteiger partial charge in [-0.25, -0.2) is 4.98 Å². The second kappa shape index (κ2) is 10.1. The van der Waals surface area contributed by atoms with Gasteiger partial charge in [0, 0.05) is 30.8 Å². The number of rotatable bonds is 7. The number of benzene rings is 2. The average molecular weight is 498 g/mol. The number of hydrogen-bond donors (Lipinski definition) is 0. The van der Waals surface area contributed by atoms with Crippen molar-refractivity contribution in [3.63, 3.8) is 0 Å². The summed E-state index contributed by atoms with van der Waals surface area (Å²) in [6, 6.07) is 14.0. The van der Waals surface area contributed by atoms with Crippen LogP contribution in [0.5, 0.6) is 0 Å². The highest BCUT2D eigenvalue weighted by Crippen LogP contribution is 2.34. The normalized spacial score (nSPS) is 11.1. The van der Waals surface area contributed by atoms with E-state index < -0.39 is 0 Å². The molecular formula is C24H24ClN5OS2. The topological polar surface area (TPSA) is 63.9 Å². The maximum absolute atomic E-state index is 12.0. The molecule has 0 N–H and O–H groups in total. The molecule has 0 unspecified atom stereocenters. The molecule has 0 radical (unpaired) electrons. The van der Waals surface area contributed by atoms with Crippen molar-refractivity contribution in [2.75, 3.05) is 14.1 Å². The first-order chi connectivity index (χ1) is 15.8. The van der Waals surface area contributed by atoms with E-state index in [1.165, 1.54) is 11.3 Å². The molecule has 2 aromatic heterocycles. The predicted octanol–water partition coefficient (Wildman–Crippen LogP) is 5.58. The molecule has 0 aliphatic heterocycles. The second-order valence-corrected chi connectivity index (χ2v) is 10.2. The number of aromatic nitrogens is 4. The summed E-state index contributed by atoms with van der Waals surface area (Å²) in [7, 11) is 3.51. The summed E-state index contributed by atoms with van der Waals surface area (Å²) in [6.45, 7) is 4.15. The molecule has 0 fully saturated rings. The van der Waals surface area contributed by atoms with E-state index in [0.29, 0.717) is 23.0 Å². The van der Waals surface area contributed by atoms with Crippen molar-refractivity contribution in [2.45, 2.75) is 31.2 Å². The molecular weight excluding hydrogens is 474 g/mol. The minimum atomic E-state index is 0.0441. The summed E-state index contributed by atoms with van der Waals surface area (Å²) in [6.07, 6.45) is 0.317. The van der Waals surface area contributed by atoms with Crippen molar-refractivity contribution in [1.29, 1.82) is 0 Å². The highest BCUT2D eigenvalue weighted by molar-refractivity contribution is 7.98. The Morgan fingerprint density at radius 2 is 1.94 bits per heavy atom. The average Bonchev–Trinajstić information content (AvgIpc) is 3.41. The van der Waals surface area contributed by atoms with Crippen LogP contribution in [0.1, 0.15) is 21.8 Å². The fourth-order valence-electron chi connectivity index (χ4n) is 3.28. The maximum Gasteiger partial charge on any atom is 0.228 e. The van der Waals surface area contributed by atoms with Crippen LogP contribution in [0.2, 0.25) is 5.02 Å². The predicted molar refractivity (Wildman–Crippen MR) is 135 cm³/mol. The fraction of sp³-hybridized carbons (Fsp3) is 0.250. The molecule has 6 nitrogen and oxygen atoms in total. The third-order valence-corrected chi connectivity index (χ3v) is 7.29. The summed E-state index contributed by atoms with van der Waals surface area (Å²) in [5.41, 5.74) is 5.04. The number of likely N-dealkylation sites (N-methyl/N-ethyl adjacent to an activating group) is 1. The van der Waals surface area contributed by atoms with Crippen molar-refractivity contribution in [3.05, 3.63) is 74.7 Å². The molecule has 0 aliphatic carbocycles. The van der Waals surface area contributed by atoms with E-state index in [-0.39, 0.29) is 5.91 Å². The number of hydrogen-bond acceptors (Lipinski definition) is 6. The van der Waals surface area contributed by atoms with Crippen LogP contribution >= 0.6 is 34.7 Å². The number of amides is 1. The van der Waals surface area contributed by atoms with Gasteiger partial charge in [-0.15, -0.1) is 21.5 Å². The molecule has 9 heteroatoms. The Morgan fingerprint density at radius 3 is 2.70 bits per heavy atom. The highest BCUT2D eigenvalue weighted by Gasteiger charge is 2.20. The molecule has 2 aromatic carbocycles. The van der Waals surface area contributed by atoms with Crippen LogP contribution in [0.15, 0.2) is 53.0 Å². The number of aryl methyl sites for hydroxylation is 2. The molecule has 2 heterocycles. The second-order valence-electron chi connectivity index (χ2n) is 7.90. The van der Waals surface area contributed by atoms with Crippen LogP contribution in [-0.2, 0) is 17.0 Å². The van der Waals surface area contributed by atoms with Crippen LogP contribution < -0.4 is 0 Å². The summed E-state index contributed by atoms with van der Waals surface area (Å²) >= 11 is 9.58. The van der Waals surface area contributed by atoms with E-state index in [4.69, 9.17) is 11.6 Å². The zero-order valence-electron chi connectivity index (χ0n) is 18.9. The van der Waals surface area contributed by atoms with Crippen LogP contribution in [0.25, 0.3) is 17.1 Å². The Hall–Kier alpha value is -2.68. The first-order valence-corrected chi connectivity index (χ1v) is 12.6. The first-order valence-electron chi connectivity index (χ1n) is 10.4. The standard InChI is InChI=1S/C24H24ClN5OS2/c1-15-9-10-16(2)20(11-15)30-23(18-7-5-6-8-19(18)25)27-28-24(30)33-14-17-13-32-21(26-17)12-22(31)29(3)4/h5-11,13H,12,14H2,1-4H3. The monoisotopic (exact) mass is 497 g/mol. The van der Waals surface area contributed by atoms with Gasteiger partial charge >= 0.3 is 0 Å². The van der Waals surface area contributed by atoms with Crippen molar-refractivity contribution in [1.82, 2.24) is 24.6 Å². The molecule has 4 rings (SSSR count). The number of carbonyl (C=O) groups excluding carboxylic acids is 1. The van der Waals surface area contributed by atoms with Gasteiger partial charge in [-0.2, -0.15) is 0 Å². The van der Waals surface area contributed by atoms with Crippen LogP contribution in [0, 0.1) is 13.8 Å². The Labute approximate surface area is 206 Å². The highest BCUT2D eigenvalue weighted by atomic mass is 35.5. The largest absolute Gasteiger partial charge is 0.348 e. The van der Waals surface area contributed by atoms with Gasteiger partial charge in [0.15, 0.2) is 11.0 Å². The van der Waals surface area contributed by atoms with E-state index in [2.05, 4.69) is 51.8 Å². The molecule has 0 saturated heterocycles. The van der Waals surface area contributed by atoms with Crippen molar-refractivity contribution in [2.24, 2.45) is 0 Å². The fourth-order valence-corrected chi connectivity index (χ4v) is 5.23. The number of thiazole rings is 1. The van der Waals surface area contributed by atoms with Gasteiger partial charge in [0.25, 0.3) is 0 Å². The van der Waals surface area contributed by atoms with Gasteiger partial charge in [0.05, 0.1) is 22.8 Å². The zero-order chi connectivity index (χ0) is 23.5. The van der Waals surface area contributed by atoms with Gasteiger partial charge in [-0.1, -0.05) is 47.6 Å². The van der Waals surface area contributed by atoms with Gasteiger partial charge in [0.2, 0.25) is 5.91 Å². The third kappa shape index (κ3) is 5.29. The lowest BCUT2D eigenvalue weighted by Crippen LogP contribution is -2.23. The molecule has 0 saturated carbocycles. The minimum absolute atomic E-state index is 0.0441. The zero-order valence-corrected chi connectivity index (χ0v) is 21.3. The number of thioether (sulfide) groups is 1. The summed E-state index contributed by atoms with van der Waals surface area (Å²) in [4.78, 5) is 18.2. The van der Waals surface area contributed by atoms with Crippen molar-refractivity contribution in [3.8, 4) is 17.1 Å². The molecule has 0 spiro atoms. The summed E-state index contributed by atoms with van der Waals surface area (Å²) < 4.78 is 2.07. The van der Waals surface area contributed by atoms with Gasteiger partial charge in [-0.05, 0) is 43.2 Å². The molecule has 0 bridgehead atoms. The van der Waals surface area contributed by atoms with Gasteiger partial charge in [0.1, 0.15) is 5.01 Å². The lowest BCUT2D eigenvalue weighted by molar-refractivity contribution is -0.127. The molecule has 4 aromatic rings. The Morgan fingerprint density at radius 1 is 1.15 bits per heavy atom. The number of carbonyl (C=O) groups is 1. The lowest BCUT2D eigenvalue weighted by atomic mass is 10.1. The van der Waals surface area contributed by atoms with Crippen molar-refractivity contribution < 1.29 is 4.79 Å². The maximum atomic E-state index is 12.0. The van der Waals surface area contributed by atoms with Gasteiger partial charge in [-0.3, -0.25) is 9.36 Å². The number of halogens is 1. The van der Waals surface area contributed by atoms with Crippen LogP contribution in [-0.4, -0.2) is 44.7 Å². The van der Waals surface area contributed by atoms with Crippen molar-refractivity contribution >= 4 is 40.6 Å². The van der Waals surface area contributed by atoms with E-state index in [1.807, 2.05) is 29.6 Å². The molecule has 33 heavy (non-hydrogen) atoms. The molecule has 0 aliphatic rings. The quantitative estimate of drug-likeness (QED) is 0.312.